The van der Waals surface area contributed by atoms with Crippen LogP contribution in [0.2, 0.25) is 0 Å². The molecule has 2 aromatic carbocycles. The van der Waals surface area contributed by atoms with E-state index in [-0.39, 0.29) is 5.91 Å². The Balaban J connectivity index is 1.22. The fraction of sp³-hybridized carbons (Fsp3) is 0.423. The van der Waals surface area contributed by atoms with Crippen molar-refractivity contribution >= 4 is 22.6 Å². The molecule has 0 atom stereocenters. The Bertz CT molecular complexity index is 1080. The van der Waals surface area contributed by atoms with E-state index in [1.54, 1.807) is 13.2 Å². The first-order valence-electron chi connectivity index (χ1n) is 11.1. The van der Waals surface area contributed by atoms with E-state index in [4.69, 9.17) is 9.15 Å². The van der Waals surface area contributed by atoms with Crippen molar-refractivity contribution in [2.45, 2.75) is 43.9 Å². The van der Waals surface area contributed by atoms with Crippen LogP contribution in [0.5, 0.6) is 5.75 Å². The first-order chi connectivity index (χ1) is 14.6. The number of fused-ring (bicyclic) bond motifs is 1. The summed E-state index contributed by atoms with van der Waals surface area (Å²) in [7, 11) is 1.60. The number of anilines is 1. The molecule has 3 aromatic rings. The third-order valence-electron chi connectivity index (χ3n) is 7.75. The van der Waals surface area contributed by atoms with Crippen LogP contribution in [0.1, 0.15) is 54.6 Å². The molecule has 4 heteroatoms. The van der Waals surface area contributed by atoms with Crippen molar-refractivity contribution in [2.24, 2.45) is 17.8 Å². The number of furan rings is 1. The zero-order valence-corrected chi connectivity index (χ0v) is 17.3. The number of carbonyl (C=O) groups excluding carboxylic acids is 1. The zero-order chi connectivity index (χ0) is 20.3. The second-order valence-corrected chi connectivity index (χ2v) is 9.72. The number of benzene rings is 2. The van der Waals surface area contributed by atoms with Gasteiger partial charge in [-0.15, -0.1) is 0 Å². The molecule has 4 bridgehead atoms. The number of methoxy groups -OCH3 is 1. The molecule has 154 valence electrons. The maximum absolute atomic E-state index is 12.7. The van der Waals surface area contributed by atoms with Gasteiger partial charge in [0, 0.05) is 11.1 Å². The van der Waals surface area contributed by atoms with E-state index in [9.17, 15) is 4.79 Å². The standard InChI is InChI=1S/C26H27NO3/c1-29-22-4-2-3-19-12-23(30-24(19)22)25(28)27-21-7-5-20(6-8-21)26-13-16-9-17(14-26)11-18(10-16)15-26/h2-8,12,16-18H,9-11,13-15H2,1H3,(H,27,28). The number of para-hydroxylation sites is 1. The van der Waals surface area contributed by atoms with Crippen LogP contribution >= 0.6 is 0 Å². The molecule has 7 rings (SSSR count). The van der Waals surface area contributed by atoms with Gasteiger partial charge in [-0.3, -0.25) is 4.79 Å². The van der Waals surface area contributed by atoms with Crippen LogP contribution in [0.3, 0.4) is 0 Å². The van der Waals surface area contributed by atoms with Crippen molar-refractivity contribution in [1.82, 2.24) is 0 Å². The highest BCUT2D eigenvalue weighted by atomic mass is 16.5. The molecule has 0 saturated heterocycles. The van der Waals surface area contributed by atoms with Crippen molar-refractivity contribution in [3.05, 3.63) is 59.9 Å². The third-order valence-corrected chi connectivity index (χ3v) is 7.75. The Labute approximate surface area is 176 Å². The maximum Gasteiger partial charge on any atom is 0.291 e. The van der Waals surface area contributed by atoms with Crippen molar-refractivity contribution in [1.29, 1.82) is 0 Å². The van der Waals surface area contributed by atoms with E-state index < -0.39 is 0 Å². The predicted octanol–water partition coefficient (Wildman–Crippen LogP) is 6.16. The minimum Gasteiger partial charge on any atom is -0.493 e. The van der Waals surface area contributed by atoms with Crippen LogP contribution in [-0.4, -0.2) is 13.0 Å². The Kier molecular flexibility index (Phi) is 3.99. The highest BCUT2D eigenvalue weighted by Gasteiger charge is 2.51. The number of hydrogen-bond donors (Lipinski definition) is 1. The molecule has 1 amide bonds. The molecule has 0 radical (unpaired) electrons. The third kappa shape index (κ3) is 2.84. The molecule has 0 unspecified atom stereocenters. The number of carbonyl (C=O) groups is 1. The summed E-state index contributed by atoms with van der Waals surface area (Å²) in [5.74, 6) is 3.48. The lowest BCUT2D eigenvalue weighted by Crippen LogP contribution is -2.48. The molecule has 0 spiro atoms. The molecule has 4 fully saturated rings. The average Bonchev–Trinajstić information content (AvgIpc) is 3.18. The normalized spacial score (nSPS) is 29.3. The Morgan fingerprint density at radius 2 is 1.67 bits per heavy atom. The van der Waals surface area contributed by atoms with Gasteiger partial charge >= 0.3 is 0 Å². The largest absolute Gasteiger partial charge is 0.493 e. The number of amides is 1. The fourth-order valence-corrected chi connectivity index (χ4v) is 6.87. The van der Waals surface area contributed by atoms with Crippen LogP contribution < -0.4 is 10.1 Å². The van der Waals surface area contributed by atoms with E-state index in [2.05, 4.69) is 29.6 Å². The van der Waals surface area contributed by atoms with Crippen LogP contribution in [0.4, 0.5) is 5.69 Å². The van der Waals surface area contributed by atoms with Crippen LogP contribution in [0.25, 0.3) is 11.0 Å². The Hall–Kier alpha value is -2.75. The van der Waals surface area contributed by atoms with Crippen LogP contribution in [0.15, 0.2) is 52.9 Å². The molecular weight excluding hydrogens is 374 g/mol. The summed E-state index contributed by atoms with van der Waals surface area (Å²) in [5.41, 5.74) is 3.25. The average molecular weight is 402 g/mol. The molecule has 1 aromatic heterocycles. The van der Waals surface area contributed by atoms with Gasteiger partial charge in [-0.1, -0.05) is 24.3 Å². The van der Waals surface area contributed by atoms with Gasteiger partial charge in [0.15, 0.2) is 17.1 Å². The fourth-order valence-electron chi connectivity index (χ4n) is 6.87. The lowest BCUT2D eigenvalue weighted by Gasteiger charge is -2.57. The van der Waals surface area contributed by atoms with Gasteiger partial charge in [0.1, 0.15) is 0 Å². The molecule has 4 aliphatic rings. The summed E-state index contributed by atoms with van der Waals surface area (Å²) in [6, 6.07) is 16.0. The Morgan fingerprint density at radius 1 is 1.00 bits per heavy atom. The van der Waals surface area contributed by atoms with Gasteiger partial charge in [-0.2, -0.15) is 0 Å². The smallest absolute Gasteiger partial charge is 0.291 e. The van der Waals surface area contributed by atoms with Gasteiger partial charge in [-0.05, 0) is 91.5 Å². The molecule has 4 saturated carbocycles. The summed E-state index contributed by atoms with van der Waals surface area (Å²) in [6.07, 6.45) is 8.42. The van der Waals surface area contributed by atoms with Crippen molar-refractivity contribution in [2.75, 3.05) is 12.4 Å². The molecule has 4 nitrogen and oxygen atoms in total. The number of rotatable bonds is 4. The topological polar surface area (TPSA) is 51.5 Å². The van der Waals surface area contributed by atoms with E-state index in [1.165, 1.54) is 44.1 Å². The van der Waals surface area contributed by atoms with Crippen LogP contribution in [0, 0.1) is 17.8 Å². The Morgan fingerprint density at radius 3 is 2.30 bits per heavy atom. The SMILES string of the molecule is COc1cccc2cc(C(=O)Nc3ccc(C45CC6CC(CC(C6)C4)C5)cc3)oc12. The van der Waals surface area contributed by atoms with E-state index >= 15 is 0 Å². The van der Waals surface area contributed by atoms with Crippen molar-refractivity contribution in [3.63, 3.8) is 0 Å². The number of nitrogens with one attached hydrogen (secondary N) is 1. The summed E-state index contributed by atoms with van der Waals surface area (Å²) < 4.78 is 11.1. The summed E-state index contributed by atoms with van der Waals surface area (Å²) in [6.45, 7) is 0. The molecule has 30 heavy (non-hydrogen) atoms. The summed E-state index contributed by atoms with van der Waals surface area (Å²) >= 11 is 0. The summed E-state index contributed by atoms with van der Waals surface area (Å²) in [5, 5.41) is 3.84. The second kappa shape index (κ2) is 6.63. The van der Waals surface area contributed by atoms with Crippen molar-refractivity contribution in [3.8, 4) is 5.75 Å². The van der Waals surface area contributed by atoms with Gasteiger partial charge in [0.2, 0.25) is 0 Å². The lowest BCUT2D eigenvalue weighted by molar-refractivity contribution is -0.00518. The minimum atomic E-state index is -0.240. The summed E-state index contributed by atoms with van der Waals surface area (Å²) in [4.78, 5) is 12.7. The molecular formula is C26H27NO3. The highest BCUT2D eigenvalue weighted by molar-refractivity contribution is 6.05. The first-order valence-corrected chi connectivity index (χ1v) is 11.1. The molecule has 4 aliphatic carbocycles. The molecule has 1 heterocycles. The first kappa shape index (κ1) is 18.1. The lowest BCUT2D eigenvalue weighted by atomic mass is 9.48. The van der Waals surface area contributed by atoms with Gasteiger partial charge in [-0.25, -0.2) is 0 Å². The molecule has 1 N–H and O–H groups in total. The minimum absolute atomic E-state index is 0.240. The quantitative estimate of drug-likeness (QED) is 0.569. The van der Waals surface area contributed by atoms with E-state index in [0.29, 0.717) is 22.5 Å². The van der Waals surface area contributed by atoms with Gasteiger partial charge in [0.05, 0.1) is 7.11 Å². The second-order valence-electron chi connectivity index (χ2n) is 9.72. The predicted molar refractivity (Wildman–Crippen MR) is 117 cm³/mol. The number of ether oxygens (including phenoxy) is 1. The van der Waals surface area contributed by atoms with Gasteiger partial charge in [0.25, 0.3) is 5.91 Å². The number of hydrogen-bond acceptors (Lipinski definition) is 3. The highest BCUT2D eigenvalue weighted by Crippen LogP contribution is 2.60. The van der Waals surface area contributed by atoms with E-state index in [0.717, 1.165) is 28.8 Å². The maximum atomic E-state index is 12.7. The van der Waals surface area contributed by atoms with Crippen molar-refractivity contribution < 1.29 is 13.9 Å². The van der Waals surface area contributed by atoms with E-state index in [1.807, 2.05) is 18.2 Å². The van der Waals surface area contributed by atoms with Gasteiger partial charge < -0.3 is 14.5 Å². The monoisotopic (exact) mass is 401 g/mol. The molecule has 0 aliphatic heterocycles. The van der Waals surface area contributed by atoms with Crippen LogP contribution in [-0.2, 0) is 5.41 Å². The zero-order valence-electron chi connectivity index (χ0n) is 17.3.